The highest BCUT2D eigenvalue weighted by molar-refractivity contribution is 9.10. The van der Waals surface area contributed by atoms with Gasteiger partial charge in [-0.15, -0.1) is 0 Å². The van der Waals surface area contributed by atoms with Gasteiger partial charge in [0, 0.05) is 15.5 Å². The fourth-order valence-electron chi connectivity index (χ4n) is 3.05. The largest absolute Gasteiger partial charge is 0.493 e. The molecule has 0 aliphatic heterocycles. The molecule has 1 atom stereocenters. The number of esters is 1. The van der Waals surface area contributed by atoms with Crippen molar-refractivity contribution in [2.24, 2.45) is 0 Å². The summed E-state index contributed by atoms with van der Waals surface area (Å²) in [5.74, 6) is 0.129. The summed E-state index contributed by atoms with van der Waals surface area (Å²) in [5, 5.41) is 4.77. The normalized spacial score (nSPS) is 11.6. The number of benzene rings is 3. The number of halogens is 1. The average Bonchev–Trinajstić information content (AvgIpc) is 2.75. The van der Waals surface area contributed by atoms with Gasteiger partial charge in [0.1, 0.15) is 0 Å². The minimum atomic E-state index is -0.949. The second-order valence-corrected chi connectivity index (χ2v) is 7.48. The molecule has 30 heavy (non-hydrogen) atoms. The lowest BCUT2D eigenvalue weighted by Gasteiger charge is -2.16. The van der Waals surface area contributed by atoms with Crippen LogP contribution in [0.2, 0.25) is 0 Å². The Bertz CT molecular complexity index is 1080. The molecule has 0 bridgehead atoms. The summed E-state index contributed by atoms with van der Waals surface area (Å²) in [6.45, 7) is 1.54. The fourth-order valence-corrected chi connectivity index (χ4v) is 3.51. The molecule has 0 aliphatic carbocycles. The molecule has 0 saturated heterocycles. The Labute approximate surface area is 183 Å². The standard InChI is InChI=1S/C23H22BrNO5/c1-14(23(27)25-19-10-6-8-15-7-4-5-9-17(15)19)30-22(26)12-16-11-20(28-2)21(29-3)13-18(16)24/h4-11,13-14H,12H2,1-3H3,(H,25,27). The Kier molecular flexibility index (Phi) is 6.95. The van der Waals surface area contributed by atoms with Crippen molar-refractivity contribution in [3.63, 3.8) is 0 Å². The molecule has 156 valence electrons. The van der Waals surface area contributed by atoms with E-state index in [0.29, 0.717) is 27.2 Å². The maximum atomic E-state index is 12.6. The highest BCUT2D eigenvalue weighted by Gasteiger charge is 2.20. The van der Waals surface area contributed by atoms with Gasteiger partial charge in [0.2, 0.25) is 0 Å². The molecule has 3 aromatic rings. The summed E-state index contributed by atoms with van der Waals surface area (Å²) in [5.41, 5.74) is 1.34. The van der Waals surface area contributed by atoms with E-state index in [1.807, 2.05) is 42.5 Å². The number of carbonyl (C=O) groups excluding carboxylic acids is 2. The molecule has 6 nitrogen and oxygen atoms in total. The predicted molar refractivity (Wildman–Crippen MR) is 119 cm³/mol. The van der Waals surface area contributed by atoms with Gasteiger partial charge < -0.3 is 19.5 Å². The Hall–Kier alpha value is -3.06. The van der Waals surface area contributed by atoms with E-state index in [4.69, 9.17) is 14.2 Å². The van der Waals surface area contributed by atoms with Crippen LogP contribution in [0.5, 0.6) is 11.5 Å². The van der Waals surface area contributed by atoms with E-state index in [1.165, 1.54) is 14.2 Å². The first-order valence-electron chi connectivity index (χ1n) is 9.31. The van der Waals surface area contributed by atoms with Crippen molar-refractivity contribution in [1.29, 1.82) is 0 Å². The van der Waals surface area contributed by atoms with E-state index in [9.17, 15) is 9.59 Å². The third-order valence-electron chi connectivity index (χ3n) is 4.61. The lowest BCUT2D eigenvalue weighted by Crippen LogP contribution is -2.30. The number of carbonyl (C=O) groups is 2. The number of methoxy groups -OCH3 is 2. The van der Waals surface area contributed by atoms with Crippen molar-refractivity contribution in [3.8, 4) is 11.5 Å². The van der Waals surface area contributed by atoms with Gasteiger partial charge in [-0.25, -0.2) is 0 Å². The SMILES string of the molecule is COc1cc(Br)c(CC(=O)OC(C)C(=O)Nc2cccc3ccccc23)cc1OC. The third-order valence-corrected chi connectivity index (χ3v) is 5.35. The van der Waals surface area contributed by atoms with E-state index < -0.39 is 18.0 Å². The van der Waals surface area contributed by atoms with E-state index in [-0.39, 0.29) is 6.42 Å². The number of hydrogen-bond donors (Lipinski definition) is 1. The van der Waals surface area contributed by atoms with Crippen molar-refractivity contribution in [1.82, 2.24) is 0 Å². The highest BCUT2D eigenvalue weighted by atomic mass is 79.9. The molecule has 0 saturated carbocycles. The Balaban J connectivity index is 1.66. The summed E-state index contributed by atoms with van der Waals surface area (Å²) in [7, 11) is 3.06. The van der Waals surface area contributed by atoms with Crippen molar-refractivity contribution in [2.45, 2.75) is 19.4 Å². The molecular weight excluding hydrogens is 450 g/mol. The number of amides is 1. The summed E-state index contributed by atoms with van der Waals surface area (Å²) >= 11 is 3.42. The fraction of sp³-hybridized carbons (Fsp3) is 0.217. The molecular formula is C23H22BrNO5. The van der Waals surface area contributed by atoms with Crippen molar-refractivity contribution in [2.75, 3.05) is 19.5 Å². The lowest BCUT2D eigenvalue weighted by molar-refractivity contribution is -0.152. The maximum absolute atomic E-state index is 12.6. The maximum Gasteiger partial charge on any atom is 0.311 e. The first-order chi connectivity index (χ1) is 14.4. The topological polar surface area (TPSA) is 73.9 Å². The lowest BCUT2D eigenvalue weighted by atomic mass is 10.1. The summed E-state index contributed by atoms with van der Waals surface area (Å²) < 4.78 is 16.5. The van der Waals surface area contributed by atoms with Crippen LogP contribution in [0.25, 0.3) is 10.8 Å². The van der Waals surface area contributed by atoms with Crippen molar-refractivity contribution in [3.05, 3.63) is 64.6 Å². The van der Waals surface area contributed by atoms with Gasteiger partial charge in [-0.2, -0.15) is 0 Å². The van der Waals surface area contributed by atoms with Gasteiger partial charge >= 0.3 is 5.97 Å². The van der Waals surface area contributed by atoms with Crippen LogP contribution in [0.15, 0.2) is 59.1 Å². The molecule has 3 rings (SSSR count). The van der Waals surface area contributed by atoms with Crippen LogP contribution in [0, 0.1) is 0 Å². The number of rotatable bonds is 7. The van der Waals surface area contributed by atoms with Gasteiger partial charge in [-0.1, -0.05) is 52.3 Å². The van der Waals surface area contributed by atoms with Gasteiger partial charge in [0.15, 0.2) is 17.6 Å². The second kappa shape index (κ2) is 9.63. The van der Waals surface area contributed by atoms with E-state index in [0.717, 1.165) is 10.8 Å². The predicted octanol–water partition coefficient (Wildman–Crippen LogP) is 4.73. The van der Waals surface area contributed by atoms with Crippen LogP contribution in [0.3, 0.4) is 0 Å². The molecule has 0 fully saturated rings. The van der Waals surface area contributed by atoms with E-state index in [1.54, 1.807) is 19.1 Å². The molecule has 0 aliphatic rings. The second-order valence-electron chi connectivity index (χ2n) is 6.62. The summed E-state index contributed by atoms with van der Waals surface area (Å²) in [4.78, 5) is 25.0. The minimum absolute atomic E-state index is 0.0210. The molecule has 3 aromatic carbocycles. The summed E-state index contributed by atoms with van der Waals surface area (Å²) in [6.07, 6.45) is -0.970. The number of hydrogen-bond acceptors (Lipinski definition) is 5. The number of fused-ring (bicyclic) bond motifs is 1. The van der Waals surface area contributed by atoms with E-state index in [2.05, 4.69) is 21.2 Å². The van der Waals surface area contributed by atoms with Crippen LogP contribution >= 0.6 is 15.9 Å². The first-order valence-corrected chi connectivity index (χ1v) is 10.1. The zero-order chi connectivity index (χ0) is 21.7. The average molecular weight is 472 g/mol. The van der Waals surface area contributed by atoms with Crippen LogP contribution in [0.1, 0.15) is 12.5 Å². The molecule has 1 amide bonds. The highest BCUT2D eigenvalue weighted by Crippen LogP contribution is 2.33. The van der Waals surface area contributed by atoms with Gasteiger partial charge in [0.25, 0.3) is 5.91 Å². The monoisotopic (exact) mass is 471 g/mol. The zero-order valence-electron chi connectivity index (χ0n) is 16.9. The Morgan fingerprint density at radius 1 is 1.00 bits per heavy atom. The van der Waals surface area contributed by atoms with Crippen molar-refractivity contribution >= 4 is 44.3 Å². The quantitative estimate of drug-likeness (QED) is 0.504. The first kappa shape index (κ1) is 21.6. The van der Waals surface area contributed by atoms with E-state index >= 15 is 0 Å². The Morgan fingerprint density at radius 3 is 2.40 bits per heavy atom. The van der Waals surface area contributed by atoms with Crippen LogP contribution in [-0.2, 0) is 20.7 Å². The summed E-state index contributed by atoms with van der Waals surface area (Å²) in [6, 6.07) is 16.8. The molecule has 0 radical (unpaired) electrons. The third kappa shape index (κ3) is 4.91. The molecule has 0 spiro atoms. The van der Waals surface area contributed by atoms with Gasteiger partial charge in [-0.05, 0) is 36.1 Å². The van der Waals surface area contributed by atoms with Crippen LogP contribution in [0.4, 0.5) is 5.69 Å². The number of nitrogens with one attached hydrogen (secondary N) is 1. The van der Waals surface area contributed by atoms with Crippen molar-refractivity contribution < 1.29 is 23.8 Å². The van der Waals surface area contributed by atoms with Gasteiger partial charge in [0.05, 0.1) is 20.6 Å². The molecule has 1 unspecified atom stereocenters. The number of ether oxygens (including phenoxy) is 3. The van der Waals surface area contributed by atoms with Crippen LogP contribution < -0.4 is 14.8 Å². The Morgan fingerprint density at radius 2 is 1.67 bits per heavy atom. The smallest absolute Gasteiger partial charge is 0.311 e. The molecule has 1 N–H and O–H groups in total. The van der Waals surface area contributed by atoms with Crippen LogP contribution in [-0.4, -0.2) is 32.2 Å². The molecule has 0 aromatic heterocycles. The zero-order valence-corrected chi connectivity index (χ0v) is 18.5. The van der Waals surface area contributed by atoms with Gasteiger partial charge in [-0.3, -0.25) is 9.59 Å². The molecule has 0 heterocycles. The minimum Gasteiger partial charge on any atom is -0.493 e. The molecule has 7 heteroatoms. The number of anilines is 1.